The summed E-state index contributed by atoms with van der Waals surface area (Å²) < 4.78 is 1.48. The molecule has 1 rings (SSSR count). The summed E-state index contributed by atoms with van der Waals surface area (Å²) in [5.74, 6) is -0.226. The first kappa shape index (κ1) is 13.5. The lowest BCUT2D eigenvalue weighted by Crippen LogP contribution is -2.27. The van der Waals surface area contributed by atoms with Crippen molar-refractivity contribution in [2.24, 2.45) is 7.05 Å². The highest BCUT2D eigenvalue weighted by atomic mass is 16.3. The molecule has 96 valence electrons. The number of carbonyl (C=O) groups excluding carboxylic acids is 1. The molecule has 1 aromatic rings. The molecule has 4 N–H and O–H groups in total. The molecule has 0 bridgehead atoms. The van der Waals surface area contributed by atoms with E-state index in [0.717, 1.165) is 6.42 Å². The topological polar surface area (TPSA) is 93.2 Å². The Hall–Kier alpha value is -1.56. The van der Waals surface area contributed by atoms with Crippen molar-refractivity contribution < 1.29 is 9.90 Å². The van der Waals surface area contributed by atoms with Gasteiger partial charge in [0.25, 0.3) is 5.91 Å². The van der Waals surface area contributed by atoms with Crippen molar-refractivity contribution in [1.82, 2.24) is 15.1 Å². The van der Waals surface area contributed by atoms with Gasteiger partial charge < -0.3 is 16.2 Å². The number of aryl methyl sites for hydroxylation is 2. The van der Waals surface area contributed by atoms with Gasteiger partial charge in [0.15, 0.2) is 0 Å². The van der Waals surface area contributed by atoms with Gasteiger partial charge in [0, 0.05) is 13.6 Å². The fourth-order valence-corrected chi connectivity index (χ4v) is 1.63. The molecular weight excluding hydrogens is 220 g/mol. The largest absolute Gasteiger partial charge is 0.395 e. The first-order chi connectivity index (χ1) is 7.93. The molecule has 1 amide bonds. The molecule has 0 aliphatic heterocycles. The fourth-order valence-electron chi connectivity index (χ4n) is 1.63. The average Bonchev–Trinajstić information content (AvgIpc) is 2.48. The normalized spacial score (nSPS) is 12.5. The third-order valence-corrected chi connectivity index (χ3v) is 2.57. The molecule has 0 saturated heterocycles. The Morgan fingerprint density at radius 2 is 2.29 bits per heavy atom. The summed E-state index contributed by atoms with van der Waals surface area (Å²) in [6.45, 7) is 4.01. The maximum Gasteiger partial charge on any atom is 0.271 e. The standard InChI is InChI=1S/C11H20N4O2/c1-7(16)5-4-6-13-11(17)10-9(12)8(2)14-15(10)3/h7,16H,4-6,12H2,1-3H3,(H,13,17). The molecule has 0 aliphatic rings. The summed E-state index contributed by atoms with van der Waals surface area (Å²) in [6, 6.07) is 0. The van der Waals surface area contributed by atoms with Crippen LogP contribution in [-0.4, -0.2) is 33.4 Å². The number of carbonyl (C=O) groups is 1. The highest BCUT2D eigenvalue weighted by Gasteiger charge is 2.17. The van der Waals surface area contributed by atoms with E-state index >= 15 is 0 Å². The monoisotopic (exact) mass is 240 g/mol. The van der Waals surface area contributed by atoms with Crippen molar-refractivity contribution >= 4 is 11.6 Å². The van der Waals surface area contributed by atoms with E-state index in [1.807, 2.05) is 0 Å². The number of aromatic nitrogens is 2. The van der Waals surface area contributed by atoms with Crippen molar-refractivity contribution in [1.29, 1.82) is 0 Å². The molecule has 0 fully saturated rings. The van der Waals surface area contributed by atoms with Crippen LogP contribution in [0.2, 0.25) is 0 Å². The van der Waals surface area contributed by atoms with Crippen LogP contribution in [0.1, 0.15) is 35.9 Å². The number of hydrogen-bond donors (Lipinski definition) is 3. The molecule has 1 aromatic heterocycles. The first-order valence-corrected chi connectivity index (χ1v) is 5.68. The van der Waals surface area contributed by atoms with Crippen molar-refractivity contribution in [3.05, 3.63) is 11.4 Å². The van der Waals surface area contributed by atoms with Crippen molar-refractivity contribution in [2.45, 2.75) is 32.8 Å². The minimum Gasteiger partial charge on any atom is -0.395 e. The van der Waals surface area contributed by atoms with Crippen LogP contribution >= 0.6 is 0 Å². The quantitative estimate of drug-likeness (QED) is 0.641. The number of hydrogen-bond acceptors (Lipinski definition) is 4. The Balaban J connectivity index is 2.53. The van der Waals surface area contributed by atoms with E-state index in [-0.39, 0.29) is 12.0 Å². The third kappa shape index (κ3) is 3.45. The van der Waals surface area contributed by atoms with E-state index in [2.05, 4.69) is 10.4 Å². The van der Waals surface area contributed by atoms with Crippen molar-refractivity contribution in [2.75, 3.05) is 12.3 Å². The number of nitrogen functional groups attached to an aromatic ring is 1. The van der Waals surface area contributed by atoms with Gasteiger partial charge in [-0.15, -0.1) is 0 Å². The zero-order valence-electron chi connectivity index (χ0n) is 10.5. The summed E-state index contributed by atoms with van der Waals surface area (Å²) in [7, 11) is 1.69. The Kier molecular flexibility index (Phi) is 4.51. The summed E-state index contributed by atoms with van der Waals surface area (Å²) in [5, 5.41) is 15.9. The van der Waals surface area contributed by atoms with E-state index in [4.69, 9.17) is 10.8 Å². The van der Waals surface area contributed by atoms with Crippen LogP contribution < -0.4 is 11.1 Å². The molecule has 0 spiro atoms. The number of nitrogens with two attached hydrogens (primary N) is 1. The number of anilines is 1. The minimum absolute atomic E-state index is 0.226. The second kappa shape index (κ2) is 5.67. The number of nitrogens with zero attached hydrogens (tertiary/aromatic N) is 2. The van der Waals surface area contributed by atoms with Crippen molar-refractivity contribution in [3.8, 4) is 0 Å². The van der Waals surface area contributed by atoms with Gasteiger partial charge in [-0.1, -0.05) is 0 Å². The van der Waals surface area contributed by atoms with Gasteiger partial charge in [-0.3, -0.25) is 9.48 Å². The van der Waals surface area contributed by atoms with Crippen LogP contribution in [0.4, 0.5) is 5.69 Å². The van der Waals surface area contributed by atoms with Crippen molar-refractivity contribution in [3.63, 3.8) is 0 Å². The molecule has 0 saturated carbocycles. The van der Waals surface area contributed by atoms with E-state index < -0.39 is 0 Å². The van der Waals surface area contributed by atoms with Gasteiger partial charge in [-0.05, 0) is 26.7 Å². The maximum absolute atomic E-state index is 11.8. The van der Waals surface area contributed by atoms with Crippen LogP contribution in [-0.2, 0) is 7.05 Å². The molecule has 0 aliphatic carbocycles. The Morgan fingerprint density at radius 3 is 2.76 bits per heavy atom. The van der Waals surface area contributed by atoms with E-state index in [1.165, 1.54) is 4.68 Å². The summed E-state index contributed by atoms with van der Waals surface area (Å²) in [6.07, 6.45) is 1.07. The average molecular weight is 240 g/mol. The van der Waals surface area contributed by atoms with Crippen LogP contribution in [0.15, 0.2) is 0 Å². The zero-order chi connectivity index (χ0) is 13.0. The van der Waals surface area contributed by atoms with E-state index in [1.54, 1.807) is 20.9 Å². The number of rotatable bonds is 5. The lowest BCUT2D eigenvalue weighted by Gasteiger charge is -2.07. The van der Waals surface area contributed by atoms with Crippen LogP contribution in [0.3, 0.4) is 0 Å². The summed E-state index contributed by atoms with van der Waals surface area (Å²) in [5.41, 5.74) is 7.23. The number of aliphatic hydroxyl groups is 1. The highest BCUT2D eigenvalue weighted by Crippen LogP contribution is 2.14. The molecule has 0 radical (unpaired) electrons. The van der Waals surface area contributed by atoms with E-state index in [9.17, 15) is 4.79 Å². The second-order valence-corrected chi connectivity index (χ2v) is 4.22. The van der Waals surface area contributed by atoms with Gasteiger partial charge in [0.1, 0.15) is 5.69 Å². The maximum atomic E-state index is 11.8. The Labute approximate surface area is 101 Å². The van der Waals surface area contributed by atoms with Gasteiger partial charge in [0.05, 0.1) is 17.5 Å². The molecule has 6 nitrogen and oxygen atoms in total. The highest BCUT2D eigenvalue weighted by molar-refractivity contribution is 5.97. The molecule has 1 unspecified atom stereocenters. The summed E-state index contributed by atoms with van der Waals surface area (Å²) >= 11 is 0. The lowest BCUT2D eigenvalue weighted by molar-refractivity contribution is 0.0941. The second-order valence-electron chi connectivity index (χ2n) is 4.22. The van der Waals surface area contributed by atoms with Gasteiger partial charge in [-0.25, -0.2) is 0 Å². The van der Waals surface area contributed by atoms with E-state index in [0.29, 0.717) is 30.0 Å². The summed E-state index contributed by atoms with van der Waals surface area (Å²) in [4.78, 5) is 11.8. The zero-order valence-corrected chi connectivity index (χ0v) is 10.5. The lowest BCUT2D eigenvalue weighted by atomic mass is 10.2. The molecule has 1 atom stereocenters. The molecule has 17 heavy (non-hydrogen) atoms. The SMILES string of the molecule is Cc1nn(C)c(C(=O)NCCCC(C)O)c1N. The van der Waals surface area contributed by atoms with Gasteiger partial charge in [-0.2, -0.15) is 5.10 Å². The Bertz CT molecular complexity index is 398. The van der Waals surface area contributed by atoms with Crippen LogP contribution in [0.25, 0.3) is 0 Å². The molecule has 0 aromatic carbocycles. The van der Waals surface area contributed by atoms with Gasteiger partial charge in [0.2, 0.25) is 0 Å². The van der Waals surface area contributed by atoms with Crippen LogP contribution in [0.5, 0.6) is 0 Å². The number of amides is 1. The van der Waals surface area contributed by atoms with Crippen LogP contribution in [0, 0.1) is 6.92 Å². The first-order valence-electron chi connectivity index (χ1n) is 5.68. The molecule has 1 heterocycles. The fraction of sp³-hybridized carbons (Fsp3) is 0.636. The minimum atomic E-state index is -0.337. The number of aliphatic hydroxyl groups excluding tert-OH is 1. The Morgan fingerprint density at radius 1 is 1.65 bits per heavy atom. The third-order valence-electron chi connectivity index (χ3n) is 2.57. The smallest absolute Gasteiger partial charge is 0.271 e. The molecular formula is C11H20N4O2. The molecule has 6 heteroatoms. The predicted octanol–water partition coefficient (Wildman–Crippen LogP) is 0.202. The van der Waals surface area contributed by atoms with Gasteiger partial charge >= 0.3 is 0 Å². The predicted molar refractivity (Wildman–Crippen MR) is 65.6 cm³/mol. The number of nitrogens with one attached hydrogen (secondary N) is 1.